The summed E-state index contributed by atoms with van der Waals surface area (Å²) < 4.78 is 0. The van der Waals surface area contributed by atoms with Crippen molar-refractivity contribution in [1.29, 1.82) is 0 Å². The van der Waals surface area contributed by atoms with Crippen LogP contribution in [0.3, 0.4) is 0 Å². The Morgan fingerprint density at radius 2 is 1.91 bits per heavy atom. The van der Waals surface area contributed by atoms with Gasteiger partial charge in [-0.3, -0.25) is 4.79 Å². The molecule has 0 bridgehead atoms. The first-order valence-electron chi connectivity index (χ1n) is 8.26. The predicted molar refractivity (Wildman–Crippen MR) is 89.1 cm³/mol. The van der Waals surface area contributed by atoms with Gasteiger partial charge in [0.1, 0.15) is 0 Å². The van der Waals surface area contributed by atoms with Gasteiger partial charge in [-0.15, -0.1) is 0 Å². The lowest BCUT2D eigenvalue weighted by Gasteiger charge is -2.36. The Morgan fingerprint density at radius 3 is 2.50 bits per heavy atom. The maximum Gasteiger partial charge on any atom is 0.317 e. The summed E-state index contributed by atoms with van der Waals surface area (Å²) in [5.74, 6) is 1.03. The normalized spacial score (nSPS) is 32.5. The zero-order valence-electron chi connectivity index (χ0n) is 13.6. The Kier molecular flexibility index (Phi) is 6.41. The van der Waals surface area contributed by atoms with E-state index in [4.69, 9.17) is 0 Å². The summed E-state index contributed by atoms with van der Waals surface area (Å²) in [6.45, 7) is 3.02. The number of carboxylic acids is 1. The van der Waals surface area contributed by atoms with Gasteiger partial charge < -0.3 is 15.3 Å². The molecule has 22 heavy (non-hydrogen) atoms. The Morgan fingerprint density at radius 1 is 1.23 bits per heavy atom. The van der Waals surface area contributed by atoms with Gasteiger partial charge in [0.05, 0.1) is 5.92 Å². The molecule has 2 rings (SSSR count). The number of aliphatic carboxylic acids is 1. The van der Waals surface area contributed by atoms with Crippen molar-refractivity contribution in [3.8, 4) is 0 Å². The highest BCUT2D eigenvalue weighted by Gasteiger charge is 2.33. The third-order valence-corrected chi connectivity index (χ3v) is 5.68. The lowest BCUT2D eigenvalue weighted by atomic mass is 9.87. The Balaban J connectivity index is 1.80. The molecule has 1 heterocycles. The maximum absolute atomic E-state index is 12.4. The summed E-state index contributed by atoms with van der Waals surface area (Å²) in [5, 5.41) is 12.3. The van der Waals surface area contributed by atoms with Crippen LogP contribution in [-0.4, -0.2) is 53.1 Å². The highest BCUT2D eigenvalue weighted by Crippen LogP contribution is 2.27. The van der Waals surface area contributed by atoms with Crippen molar-refractivity contribution in [3.05, 3.63) is 0 Å². The molecule has 1 saturated carbocycles. The van der Waals surface area contributed by atoms with Crippen molar-refractivity contribution in [2.45, 2.75) is 45.1 Å². The number of piperidine rings is 1. The molecule has 1 aliphatic carbocycles. The molecule has 0 aromatic heterocycles. The number of amides is 2. The van der Waals surface area contributed by atoms with Crippen LogP contribution in [-0.2, 0) is 4.79 Å². The summed E-state index contributed by atoms with van der Waals surface area (Å²) in [7, 11) is 0. The van der Waals surface area contributed by atoms with Gasteiger partial charge in [-0.2, -0.15) is 11.8 Å². The molecule has 2 aliphatic rings. The van der Waals surface area contributed by atoms with Gasteiger partial charge in [-0.1, -0.05) is 6.92 Å². The average molecular weight is 328 g/mol. The number of thioether (sulfide) groups is 1. The molecule has 2 N–H and O–H groups in total. The van der Waals surface area contributed by atoms with Crippen molar-refractivity contribution < 1.29 is 14.7 Å². The number of nitrogens with zero attached hydrogens (tertiary/aromatic N) is 1. The molecule has 1 aliphatic heterocycles. The summed E-state index contributed by atoms with van der Waals surface area (Å²) >= 11 is 1.90. The highest BCUT2D eigenvalue weighted by atomic mass is 32.2. The fourth-order valence-electron chi connectivity index (χ4n) is 3.67. The summed E-state index contributed by atoms with van der Waals surface area (Å²) in [6, 6.07) is 0.178. The van der Waals surface area contributed by atoms with Gasteiger partial charge in [0.2, 0.25) is 0 Å². The first-order chi connectivity index (χ1) is 10.5. The molecule has 0 aromatic rings. The minimum Gasteiger partial charge on any atom is -0.481 e. The Labute approximate surface area is 137 Å². The minimum atomic E-state index is -0.790. The molecule has 6 heteroatoms. The van der Waals surface area contributed by atoms with Gasteiger partial charge in [-0.25, -0.2) is 4.79 Å². The monoisotopic (exact) mass is 328 g/mol. The molecule has 2 fully saturated rings. The Bertz CT molecular complexity index is 397. The van der Waals surface area contributed by atoms with Crippen LogP contribution < -0.4 is 5.32 Å². The van der Waals surface area contributed by atoms with Crippen LogP contribution in [0.5, 0.6) is 0 Å². The van der Waals surface area contributed by atoms with E-state index in [0.717, 1.165) is 18.8 Å². The van der Waals surface area contributed by atoms with Crippen LogP contribution in [0.15, 0.2) is 0 Å². The third kappa shape index (κ3) is 4.80. The molecular formula is C16H28N2O3S. The van der Waals surface area contributed by atoms with E-state index in [-0.39, 0.29) is 18.0 Å². The fourth-order valence-corrected chi connectivity index (χ4v) is 4.48. The minimum absolute atomic E-state index is 0.0777. The molecule has 2 unspecified atom stereocenters. The fraction of sp³-hybridized carbons (Fsp3) is 0.875. The largest absolute Gasteiger partial charge is 0.481 e. The highest BCUT2D eigenvalue weighted by molar-refractivity contribution is 7.98. The van der Waals surface area contributed by atoms with Crippen LogP contribution in [0.2, 0.25) is 0 Å². The number of hydrogen-bond donors (Lipinski definition) is 2. The standard InChI is InChI=1S/C16H28N2O3S/c1-11-7-13(15(19)20)9-18(8-11)16(21)17-14-5-3-12(4-6-14)10-22-2/h11-14H,3-10H2,1-2H3,(H,17,21)(H,19,20). The number of nitrogens with one attached hydrogen (secondary N) is 1. The Hall–Kier alpha value is -0.910. The first-order valence-corrected chi connectivity index (χ1v) is 9.66. The van der Waals surface area contributed by atoms with Crippen molar-refractivity contribution in [2.24, 2.45) is 17.8 Å². The van der Waals surface area contributed by atoms with Gasteiger partial charge in [0.15, 0.2) is 0 Å². The van der Waals surface area contributed by atoms with Gasteiger partial charge in [-0.05, 0) is 55.9 Å². The molecule has 2 atom stereocenters. The zero-order chi connectivity index (χ0) is 16.1. The van der Waals surface area contributed by atoms with E-state index in [0.29, 0.717) is 19.5 Å². The number of likely N-dealkylation sites (tertiary alicyclic amines) is 1. The summed E-state index contributed by atoms with van der Waals surface area (Å²) in [4.78, 5) is 25.3. The quantitative estimate of drug-likeness (QED) is 0.832. The van der Waals surface area contributed by atoms with Crippen LogP contribution in [0.1, 0.15) is 39.0 Å². The van der Waals surface area contributed by atoms with Crippen molar-refractivity contribution in [1.82, 2.24) is 10.2 Å². The van der Waals surface area contributed by atoms with Crippen LogP contribution >= 0.6 is 11.8 Å². The van der Waals surface area contributed by atoms with E-state index < -0.39 is 11.9 Å². The summed E-state index contributed by atoms with van der Waals surface area (Å²) in [5.41, 5.74) is 0. The van der Waals surface area contributed by atoms with Crippen LogP contribution in [0.25, 0.3) is 0 Å². The zero-order valence-corrected chi connectivity index (χ0v) is 14.4. The number of hydrogen-bond acceptors (Lipinski definition) is 3. The van der Waals surface area contributed by atoms with Gasteiger partial charge in [0, 0.05) is 19.1 Å². The molecular weight excluding hydrogens is 300 g/mol. The number of urea groups is 1. The van der Waals surface area contributed by atoms with Crippen molar-refractivity contribution in [2.75, 3.05) is 25.1 Å². The molecule has 0 radical (unpaired) electrons. The van der Waals surface area contributed by atoms with Crippen LogP contribution in [0.4, 0.5) is 4.79 Å². The van der Waals surface area contributed by atoms with Crippen molar-refractivity contribution >= 4 is 23.8 Å². The third-order valence-electron chi connectivity index (χ3n) is 4.87. The summed E-state index contributed by atoms with van der Waals surface area (Å²) in [6.07, 6.45) is 7.26. The molecule has 126 valence electrons. The molecule has 0 aromatic carbocycles. The van der Waals surface area contributed by atoms with Gasteiger partial charge >= 0.3 is 12.0 Å². The average Bonchev–Trinajstić information content (AvgIpc) is 2.49. The van der Waals surface area contributed by atoms with Crippen molar-refractivity contribution in [3.63, 3.8) is 0 Å². The second kappa shape index (κ2) is 8.09. The molecule has 0 spiro atoms. The lowest BCUT2D eigenvalue weighted by Crippen LogP contribution is -2.52. The SMILES string of the molecule is CSCC1CCC(NC(=O)N2CC(C)CC(C(=O)O)C2)CC1. The van der Waals surface area contributed by atoms with E-state index in [1.807, 2.05) is 18.7 Å². The van der Waals surface area contributed by atoms with E-state index >= 15 is 0 Å². The number of carbonyl (C=O) groups is 2. The maximum atomic E-state index is 12.4. The van der Waals surface area contributed by atoms with E-state index in [1.54, 1.807) is 4.90 Å². The van der Waals surface area contributed by atoms with Crippen LogP contribution in [0, 0.1) is 17.8 Å². The molecule has 2 amide bonds. The first kappa shape index (κ1) is 17.4. The van der Waals surface area contributed by atoms with Gasteiger partial charge in [0.25, 0.3) is 0 Å². The second-order valence-corrected chi connectivity index (χ2v) is 7.81. The lowest BCUT2D eigenvalue weighted by molar-refractivity contribution is -0.143. The molecule has 1 saturated heterocycles. The smallest absolute Gasteiger partial charge is 0.317 e. The number of rotatable bonds is 4. The van der Waals surface area contributed by atoms with E-state index in [9.17, 15) is 14.7 Å². The number of carbonyl (C=O) groups excluding carboxylic acids is 1. The second-order valence-electron chi connectivity index (χ2n) is 6.90. The molecule has 5 nitrogen and oxygen atoms in total. The topological polar surface area (TPSA) is 69.6 Å². The number of carboxylic acid groups (broad SMARTS) is 1. The predicted octanol–water partition coefficient (Wildman–Crippen LogP) is 2.66. The van der Waals surface area contributed by atoms with E-state index in [1.165, 1.54) is 18.6 Å². The van der Waals surface area contributed by atoms with E-state index in [2.05, 4.69) is 11.6 Å².